The van der Waals surface area contributed by atoms with Crippen molar-refractivity contribution in [3.05, 3.63) is 53.3 Å². The van der Waals surface area contributed by atoms with Gasteiger partial charge in [-0.1, -0.05) is 18.2 Å². The van der Waals surface area contributed by atoms with E-state index in [9.17, 15) is 19.5 Å². The first-order valence-electron chi connectivity index (χ1n) is 15.7. The van der Waals surface area contributed by atoms with Crippen LogP contribution in [0.4, 0.5) is 21.1 Å². The zero-order valence-corrected chi connectivity index (χ0v) is 26.7. The molecule has 2 saturated heterocycles. The van der Waals surface area contributed by atoms with Gasteiger partial charge in [-0.3, -0.25) is 4.79 Å². The summed E-state index contributed by atoms with van der Waals surface area (Å²) in [4.78, 5) is 47.4. The van der Waals surface area contributed by atoms with Crippen LogP contribution in [0.5, 0.6) is 5.75 Å². The van der Waals surface area contributed by atoms with Crippen LogP contribution in [0.3, 0.4) is 0 Å². The zero-order valence-electron chi connectivity index (χ0n) is 25.9. The van der Waals surface area contributed by atoms with Crippen molar-refractivity contribution in [3.63, 3.8) is 0 Å². The number of thiophene rings is 1. The van der Waals surface area contributed by atoms with Gasteiger partial charge in [0.1, 0.15) is 22.8 Å². The number of piperidine rings is 2. The second-order valence-electron chi connectivity index (χ2n) is 12.0. The number of aromatic nitrogens is 3. The van der Waals surface area contributed by atoms with Gasteiger partial charge in [-0.15, -0.1) is 11.3 Å². The van der Waals surface area contributed by atoms with Crippen molar-refractivity contribution < 1.29 is 29.0 Å². The van der Waals surface area contributed by atoms with Crippen molar-refractivity contribution in [3.8, 4) is 5.75 Å². The summed E-state index contributed by atoms with van der Waals surface area (Å²) in [5, 5.41) is 18.0. The Kier molecular flexibility index (Phi) is 8.22. The largest absolute Gasteiger partial charge is 0.488 e. The highest BCUT2D eigenvalue weighted by atomic mass is 32.1. The number of carboxylic acid groups (broad SMARTS) is 1. The van der Waals surface area contributed by atoms with E-state index < -0.39 is 12.2 Å². The normalized spacial score (nSPS) is 18.9. The maximum absolute atomic E-state index is 13.9. The molecule has 246 valence electrons. The Morgan fingerprint density at radius 2 is 1.91 bits per heavy atom. The van der Waals surface area contributed by atoms with Crippen LogP contribution in [0.25, 0.3) is 21.2 Å². The van der Waals surface area contributed by atoms with E-state index in [-0.39, 0.29) is 18.1 Å². The zero-order chi connectivity index (χ0) is 32.7. The topological polar surface area (TPSA) is 168 Å². The van der Waals surface area contributed by atoms with E-state index in [1.54, 1.807) is 9.42 Å². The number of nitrogens with one attached hydrogen (secondary N) is 1. The molecule has 0 aliphatic carbocycles. The SMILES string of the molecule is COC(=O)N1CC=C(c2cc(N3CCCC(NC(=O)c4sc5ccccc5c4OC4CCN(C(=O)O)CC4)C3)c3c(N)ncnn23)C1. The van der Waals surface area contributed by atoms with Crippen LogP contribution in [0, 0.1) is 0 Å². The number of rotatable bonds is 6. The summed E-state index contributed by atoms with van der Waals surface area (Å²) >= 11 is 1.40. The van der Waals surface area contributed by atoms with Crippen LogP contribution < -0.4 is 20.7 Å². The number of likely N-dealkylation sites (tertiary alicyclic amines) is 1. The van der Waals surface area contributed by atoms with E-state index in [4.69, 9.17) is 15.2 Å². The molecule has 1 atom stereocenters. The average Bonchev–Trinajstić information content (AvgIpc) is 3.81. The van der Waals surface area contributed by atoms with Crippen molar-refractivity contribution in [2.24, 2.45) is 0 Å². The number of amides is 3. The fourth-order valence-electron chi connectivity index (χ4n) is 6.71. The number of ether oxygens (including phenoxy) is 2. The van der Waals surface area contributed by atoms with Gasteiger partial charge in [0.05, 0.1) is 25.0 Å². The minimum atomic E-state index is -0.924. The highest BCUT2D eigenvalue weighted by Gasteiger charge is 2.31. The monoisotopic (exact) mass is 660 g/mol. The van der Waals surface area contributed by atoms with Gasteiger partial charge in [-0.2, -0.15) is 5.10 Å². The summed E-state index contributed by atoms with van der Waals surface area (Å²) in [5.74, 6) is 0.709. The number of benzene rings is 1. The number of hydrogen-bond acceptors (Lipinski definition) is 10. The first-order valence-corrected chi connectivity index (χ1v) is 16.5. The molecule has 6 heterocycles. The van der Waals surface area contributed by atoms with Crippen molar-refractivity contribution in [1.82, 2.24) is 29.7 Å². The fraction of sp³-hybridized carbons (Fsp3) is 0.406. The second-order valence-corrected chi connectivity index (χ2v) is 13.1. The van der Waals surface area contributed by atoms with E-state index >= 15 is 0 Å². The Hall–Kier alpha value is -5.05. The van der Waals surface area contributed by atoms with Gasteiger partial charge < -0.3 is 40.3 Å². The Labute approximate surface area is 274 Å². The minimum Gasteiger partial charge on any atom is -0.488 e. The van der Waals surface area contributed by atoms with Gasteiger partial charge in [-0.25, -0.2) is 19.1 Å². The van der Waals surface area contributed by atoms with E-state index in [1.807, 2.05) is 36.4 Å². The Bertz CT molecular complexity index is 1880. The quantitative estimate of drug-likeness (QED) is 0.276. The predicted octanol–water partition coefficient (Wildman–Crippen LogP) is 3.91. The van der Waals surface area contributed by atoms with E-state index in [2.05, 4.69) is 20.3 Å². The van der Waals surface area contributed by atoms with Crippen LogP contribution in [-0.2, 0) is 4.74 Å². The molecule has 14 nitrogen and oxygen atoms in total. The molecular weight excluding hydrogens is 624 g/mol. The van der Waals surface area contributed by atoms with Gasteiger partial charge in [0.2, 0.25) is 0 Å². The van der Waals surface area contributed by atoms with Crippen molar-refractivity contribution in [2.45, 2.75) is 37.8 Å². The van der Waals surface area contributed by atoms with Crippen molar-refractivity contribution in [2.75, 3.05) is 57.0 Å². The summed E-state index contributed by atoms with van der Waals surface area (Å²) in [6.45, 7) is 2.94. The molecule has 0 radical (unpaired) electrons. The Morgan fingerprint density at radius 3 is 2.70 bits per heavy atom. The van der Waals surface area contributed by atoms with Gasteiger partial charge in [0.25, 0.3) is 5.91 Å². The summed E-state index contributed by atoms with van der Waals surface area (Å²) in [5.41, 5.74) is 9.71. The number of nitrogens with two attached hydrogens (primary N) is 1. The van der Waals surface area contributed by atoms with Crippen LogP contribution in [0.1, 0.15) is 41.0 Å². The Morgan fingerprint density at radius 1 is 1.11 bits per heavy atom. The summed E-state index contributed by atoms with van der Waals surface area (Å²) in [6, 6.07) is 9.69. The molecule has 4 N–H and O–H groups in total. The first-order chi connectivity index (χ1) is 22.8. The van der Waals surface area contributed by atoms with Crippen LogP contribution in [0.2, 0.25) is 0 Å². The van der Waals surface area contributed by atoms with Crippen LogP contribution >= 0.6 is 11.3 Å². The molecule has 47 heavy (non-hydrogen) atoms. The fourth-order valence-corrected chi connectivity index (χ4v) is 7.75. The number of carbonyl (C=O) groups excluding carboxylic acids is 2. The Balaban J connectivity index is 1.11. The minimum absolute atomic E-state index is 0.141. The molecule has 7 rings (SSSR count). The number of hydrogen-bond donors (Lipinski definition) is 3. The number of methoxy groups -OCH3 is 1. The maximum atomic E-state index is 13.9. The summed E-state index contributed by atoms with van der Waals surface area (Å²) in [7, 11) is 1.37. The average molecular weight is 661 g/mol. The molecule has 0 saturated carbocycles. The number of fused-ring (bicyclic) bond motifs is 2. The standard InChI is InChI=1S/C32H36N8O6S/c1-45-32(44)39-12-8-19(16-39)23-15-24(26-29(33)34-18-35-40(23)26)38-11-4-5-20(17-38)36-30(41)28-27(22-6-2-3-7-25(22)47-28)46-21-9-13-37(14-10-21)31(42)43/h2-3,6-8,15,18,20-21H,4-5,9-14,16-17H2,1H3,(H,36,41)(H,42,43)(H2,33,34,35). The highest BCUT2D eigenvalue weighted by molar-refractivity contribution is 7.21. The first kappa shape index (κ1) is 30.6. The molecular formula is C32H36N8O6S. The highest BCUT2D eigenvalue weighted by Crippen LogP contribution is 2.40. The molecule has 3 aliphatic rings. The van der Waals surface area contributed by atoms with Crippen LogP contribution in [0.15, 0.2) is 42.7 Å². The third kappa shape index (κ3) is 5.86. The van der Waals surface area contributed by atoms with E-state index in [0.717, 1.165) is 46.4 Å². The molecule has 1 unspecified atom stereocenters. The molecule has 0 bridgehead atoms. The lowest BCUT2D eigenvalue weighted by atomic mass is 10.0. The lowest BCUT2D eigenvalue weighted by Crippen LogP contribution is -2.47. The molecule has 4 aromatic rings. The third-order valence-corrected chi connectivity index (χ3v) is 10.2. The summed E-state index contributed by atoms with van der Waals surface area (Å²) in [6.07, 6.45) is 4.69. The van der Waals surface area contributed by atoms with Gasteiger partial charge in [0.15, 0.2) is 11.6 Å². The predicted molar refractivity (Wildman–Crippen MR) is 177 cm³/mol. The molecule has 0 spiro atoms. The molecule has 1 aromatic carbocycles. The summed E-state index contributed by atoms with van der Waals surface area (Å²) < 4.78 is 14.1. The maximum Gasteiger partial charge on any atom is 0.410 e. The van der Waals surface area contributed by atoms with Gasteiger partial charge in [-0.05, 0) is 36.6 Å². The number of anilines is 2. The molecule has 15 heteroatoms. The lowest BCUT2D eigenvalue weighted by Gasteiger charge is -2.34. The van der Waals surface area contributed by atoms with E-state index in [0.29, 0.717) is 67.5 Å². The smallest absolute Gasteiger partial charge is 0.410 e. The van der Waals surface area contributed by atoms with Gasteiger partial charge >= 0.3 is 12.2 Å². The molecule has 3 aromatic heterocycles. The number of carbonyl (C=O) groups is 3. The molecule has 2 fully saturated rings. The van der Waals surface area contributed by atoms with Crippen LogP contribution in [-0.4, -0.2) is 106 Å². The number of nitrogens with zero attached hydrogens (tertiary/aromatic N) is 6. The second kappa shape index (κ2) is 12.6. The third-order valence-electron chi connectivity index (χ3n) is 9.09. The molecule has 3 aliphatic heterocycles. The number of nitrogen functional groups attached to an aromatic ring is 1. The van der Waals surface area contributed by atoms with Crippen molar-refractivity contribution in [1.29, 1.82) is 0 Å². The van der Waals surface area contributed by atoms with E-state index in [1.165, 1.54) is 29.7 Å². The molecule has 3 amide bonds. The van der Waals surface area contributed by atoms with Gasteiger partial charge in [0, 0.05) is 61.7 Å². The lowest BCUT2D eigenvalue weighted by molar-refractivity contribution is 0.0871. The van der Waals surface area contributed by atoms with Crippen molar-refractivity contribution >= 4 is 62.1 Å².